The number of anilines is 1. The molecule has 21 heavy (non-hydrogen) atoms. The van der Waals surface area contributed by atoms with Crippen LogP contribution in [0.15, 0.2) is 52.8 Å². The Morgan fingerprint density at radius 1 is 1.14 bits per heavy atom. The number of benzene rings is 1. The summed E-state index contributed by atoms with van der Waals surface area (Å²) in [6, 6.07) is 12.8. The highest BCUT2D eigenvalue weighted by Gasteiger charge is 1.99. The summed E-state index contributed by atoms with van der Waals surface area (Å²) in [5.41, 5.74) is 2.67. The first kappa shape index (κ1) is 14.6. The van der Waals surface area contributed by atoms with Gasteiger partial charge < -0.3 is 10.0 Å². The maximum Gasteiger partial charge on any atom is 0.140 e. The number of likely N-dealkylation sites (N-methyl/N-ethyl adjacent to an activating group) is 1. The molecule has 0 aliphatic heterocycles. The van der Waals surface area contributed by atoms with E-state index in [4.69, 9.17) is 10.4 Å². The van der Waals surface area contributed by atoms with Crippen molar-refractivity contribution in [1.29, 1.82) is 5.26 Å². The Morgan fingerprint density at radius 2 is 1.81 bits per heavy atom. The lowest BCUT2D eigenvalue weighted by molar-refractivity contribution is 0.304. The van der Waals surface area contributed by atoms with Gasteiger partial charge >= 0.3 is 0 Å². The Kier molecular flexibility index (Phi) is 4.96. The maximum atomic E-state index is 8.90. The number of pyridine rings is 1. The largest absolute Gasteiger partial charge is 0.395 e. The van der Waals surface area contributed by atoms with Gasteiger partial charge in [-0.2, -0.15) is 10.4 Å². The van der Waals surface area contributed by atoms with Gasteiger partial charge in [-0.15, -0.1) is 5.11 Å². The van der Waals surface area contributed by atoms with Crippen LogP contribution in [0.5, 0.6) is 0 Å². The number of aliphatic hydroxyl groups is 1. The number of aromatic nitrogens is 1. The summed E-state index contributed by atoms with van der Waals surface area (Å²) in [6.07, 6.45) is 1.51. The third kappa shape index (κ3) is 4.09. The molecule has 0 atom stereocenters. The van der Waals surface area contributed by atoms with Crippen LogP contribution >= 0.6 is 0 Å². The van der Waals surface area contributed by atoms with Crippen molar-refractivity contribution < 1.29 is 5.11 Å². The number of azo groups is 1. The van der Waals surface area contributed by atoms with Crippen LogP contribution in [0.2, 0.25) is 0 Å². The molecule has 0 saturated carbocycles. The minimum Gasteiger partial charge on any atom is -0.395 e. The predicted octanol–water partition coefficient (Wildman–Crippen LogP) is 2.80. The number of hydrogen-bond donors (Lipinski definition) is 1. The van der Waals surface area contributed by atoms with E-state index in [0.717, 1.165) is 11.4 Å². The SMILES string of the molecule is CN(CCO)c1ccc(N=Nc2ccc(C#N)nc2)cc1. The van der Waals surface area contributed by atoms with Crippen LogP contribution in [0.25, 0.3) is 0 Å². The van der Waals surface area contributed by atoms with E-state index in [-0.39, 0.29) is 6.61 Å². The Labute approximate surface area is 123 Å². The minimum atomic E-state index is 0.115. The van der Waals surface area contributed by atoms with Gasteiger partial charge in [-0.1, -0.05) is 0 Å². The van der Waals surface area contributed by atoms with Crippen molar-refractivity contribution in [2.45, 2.75) is 0 Å². The molecule has 0 aliphatic carbocycles. The van der Waals surface area contributed by atoms with Crippen molar-refractivity contribution in [3.8, 4) is 6.07 Å². The normalized spacial score (nSPS) is 10.5. The first-order valence-electron chi connectivity index (χ1n) is 6.43. The van der Waals surface area contributed by atoms with Crippen molar-refractivity contribution >= 4 is 17.1 Å². The summed E-state index contributed by atoms with van der Waals surface area (Å²) in [4.78, 5) is 5.87. The van der Waals surface area contributed by atoms with Crippen molar-refractivity contribution in [3.63, 3.8) is 0 Å². The molecule has 0 saturated heterocycles. The Morgan fingerprint density at radius 3 is 2.38 bits per heavy atom. The molecule has 0 radical (unpaired) electrons. The lowest BCUT2D eigenvalue weighted by Crippen LogP contribution is -2.20. The first-order chi connectivity index (χ1) is 10.2. The summed E-state index contributed by atoms with van der Waals surface area (Å²) in [6.45, 7) is 0.696. The van der Waals surface area contributed by atoms with Crippen molar-refractivity contribution in [1.82, 2.24) is 4.98 Å². The van der Waals surface area contributed by atoms with E-state index in [9.17, 15) is 0 Å². The number of nitrogens with zero attached hydrogens (tertiary/aromatic N) is 5. The zero-order valence-corrected chi connectivity index (χ0v) is 11.6. The Hall–Kier alpha value is -2.78. The van der Waals surface area contributed by atoms with Crippen LogP contribution in [0.3, 0.4) is 0 Å². The van der Waals surface area contributed by atoms with Crippen LogP contribution in [-0.2, 0) is 0 Å². The molecule has 0 fully saturated rings. The third-order valence-electron chi connectivity index (χ3n) is 2.87. The fourth-order valence-electron chi connectivity index (χ4n) is 1.68. The van der Waals surface area contributed by atoms with Gasteiger partial charge in [0, 0.05) is 19.3 Å². The average Bonchev–Trinajstić information content (AvgIpc) is 2.54. The fourth-order valence-corrected chi connectivity index (χ4v) is 1.68. The summed E-state index contributed by atoms with van der Waals surface area (Å²) >= 11 is 0. The van der Waals surface area contributed by atoms with Crippen molar-refractivity contribution in [3.05, 3.63) is 48.3 Å². The second-order valence-electron chi connectivity index (χ2n) is 4.38. The second kappa shape index (κ2) is 7.12. The summed E-state index contributed by atoms with van der Waals surface area (Å²) in [7, 11) is 1.91. The zero-order valence-electron chi connectivity index (χ0n) is 11.6. The van der Waals surface area contributed by atoms with Crippen LogP contribution in [0, 0.1) is 11.3 Å². The summed E-state index contributed by atoms with van der Waals surface area (Å²) < 4.78 is 0. The van der Waals surface area contributed by atoms with Gasteiger partial charge in [-0.3, -0.25) is 0 Å². The molecule has 1 N–H and O–H groups in total. The molecular weight excluding hydrogens is 266 g/mol. The standard InChI is InChI=1S/C15H15N5O/c1-20(8-9-21)15-6-4-12(5-7-15)18-19-14-3-2-13(10-16)17-11-14/h2-7,11,21H,8-9H2,1H3. The van der Waals surface area contributed by atoms with E-state index in [1.807, 2.05) is 42.3 Å². The number of aliphatic hydroxyl groups excluding tert-OH is 1. The van der Waals surface area contributed by atoms with Crippen LogP contribution < -0.4 is 4.90 Å². The van der Waals surface area contributed by atoms with E-state index in [0.29, 0.717) is 17.9 Å². The van der Waals surface area contributed by atoms with E-state index in [2.05, 4.69) is 15.2 Å². The highest BCUT2D eigenvalue weighted by molar-refractivity contribution is 5.52. The third-order valence-corrected chi connectivity index (χ3v) is 2.87. The average molecular weight is 281 g/mol. The quantitative estimate of drug-likeness (QED) is 0.854. The van der Waals surface area contributed by atoms with Crippen LogP contribution in [-0.4, -0.2) is 30.3 Å². The summed E-state index contributed by atoms with van der Waals surface area (Å²) in [5, 5.41) is 25.7. The summed E-state index contributed by atoms with van der Waals surface area (Å²) in [5.74, 6) is 0. The first-order valence-corrected chi connectivity index (χ1v) is 6.43. The number of hydrogen-bond acceptors (Lipinski definition) is 6. The molecule has 2 rings (SSSR count). The highest BCUT2D eigenvalue weighted by Crippen LogP contribution is 2.21. The molecule has 1 aromatic carbocycles. The lowest BCUT2D eigenvalue weighted by Gasteiger charge is -2.17. The molecule has 0 spiro atoms. The molecule has 6 nitrogen and oxygen atoms in total. The van der Waals surface area contributed by atoms with Gasteiger partial charge in [0.1, 0.15) is 17.5 Å². The van der Waals surface area contributed by atoms with E-state index < -0.39 is 0 Å². The highest BCUT2D eigenvalue weighted by atomic mass is 16.3. The van der Waals surface area contributed by atoms with Crippen molar-refractivity contribution in [2.75, 3.05) is 25.1 Å². The molecule has 1 aromatic heterocycles. The Balaban J connectivity index is 2.05. The van der Waals surface area contributed by atoms with Gasteiger partial charge in [0.15, 0.2) is 0 Å². The van der Waals surface area contributed by atoms with Gasteiger partial charge in [0.2, 0.25) is 0 Å². The molecule has 0 amide bonds. The van der Waals surface area contributed by atoms with Gasteiger partial charge in [0.25, 0.3) is 0 Å². The lowest BCUT2D eigenvalue weighted by atomic mass is 10.2. The Bertz CT molecular complexity index is 643. The molecule has 0 unspecified atom stereocenters. The number of rotatable bonds is 5. The van der Waals surface area contributed by atoms with E-state index in [1.54, 1.807) is 12.1 Å². The van der Waals surface area contributed by atoms with E-state index in [1.165, 1.54) is 6.20 Å². The van der Waals surface area contributed by atoms with Gasteiger partial charge in [0.05, 0.1) is 18.5 Å². The number of nitriles is 1. The molecule has 0 bridgehead atoms. The van der Waals surface area contributed by atoms with Crippen LogP contribution in [0.1, 0.15) is 5.69 Å². The molecule has 106 valence electrons. The molecule has 0 aliphatic rings. The van der Waals surface area contributed by atoms with Crippen LogP contribution in [0.4, 0.5) is 17.1 Å². The molecule has 1 heterocycles. The molecule has 2 aromatic rings. The van der Waals surface area contributed by atoms with Crippen molar-refractivity contribution in [2.24, 2.45) is 10.2 Å². The predicted molar refractivity (Wildman–Crippen MR) is 79.9 cm³/mol. The molecular formula is C15H15N5O. The smallest absolute Gasteiger partial charge is 0.140 e. The second-order valence-corrected chi connectivity index (χ2v) is 4.38. The fraction of sp³-hybridized carbons (Fsp3) is 0.200. The van der Waals surface area contributed by atoms with E-state index >= 15 is 0 Å². The monoisotopic (exact) mass is 281 g/mol. The molecule has 6 heteroatoms. The topological polar surface area (TPSA) is 84.9 Å². The minimum absolute atomic E-state index is 0.115. The zero-order chi connectivity index (χ0) is 15.1. The maximum absolute atomic E-state index is 8.90. The van der Waals surface area contributed by atoms with Gasteiger partial charge in [-0.25, -0.2) is 4.98 Å². The van der Waals surface area contributed by atoms with Gasteiger partial charge in [-0.05, 0) is 36.4 Å².